The van der Waals surface area contributed by atoms with Crippen LogP contribution in [0.5, 0.6) is 5.75 Å². The Balaban J connectivity index is 2.05. The van der Waals surface area contributed by atoms with Gasteiger partial charge in [-0.05, 0) is 37.1 Å². The highest BCUT2D eigenvalue weighted by Gasteiger charge is 2.03. The molecular formula is C29H44O5. The van der Waals surface area contributed by atoms with Crippen molar-refractivity contribution in [3.05, 3.63) is 48.1 Å². The van der Waals surface area contributed by atoms with Gasteiger partial charge in [-0.15, -0.1) is 0 Å². The summed E-state index contributed by atoms with van der Waals surface area (Å²) in [5, 5.41) is 0. The largest absolute Gasteiger partial charge is 0.494 e. The molecule has 0 radical (unpaired) electrons. The predicted octanol–water partition coefficient (Wildman–Crippen LogP) is 7.44. The van der Waals surface area contributed by atoms with Crippen molar-refractivity contribution >= 4 is 18.0 Å². The Morgan fingerprint density at radius 2 is 1.29 bits per heavy atom. The standard InChI is InChI=1S/C29H44O5/c1-4-5-6-7-8-9-10-11-12-13-14-15-22-32-27-19-16-26(17-20-27)18-21-28(30)33-23-24-34-29(31)25(2)3/h16-21H,2,4-15,22-24H2,1,3H3/b21-18+. The summed E-state index contributed by atoms with van der Waals surface area (Å²) >= 11 is 0. The molecule has 1 aromatic carbocycles. The van der Waals surface area contributed by atoms with Crippen molar-refractivity contribution in [1.29, 1.82) is 0 Å². The first-order valence-corrected chi connectivity index (χ1v) is 12.9. The van der Waals surface area contributed by atoms with Gasteiger partial charge in [-0.25, -0.2) is 9.59 Å². The molecule has 0 aliphatic rings. The molecule has 5 nitrogen and oxygen atoms in total. The van der Waals surface area contributed by atoms with Crippen LogP contribution in [0.4, 0.5) is 0 Å². The number of carbonyl (C=O) groups is 2. The quantitative estimate of drug-likeness (QED) is 0.112. The summed E-state index contributed by atoms with van der Waals surface area (Å²) in [5.41, 5.74) is 1.19. The van der Waals surface area contributed by atoms with Crippen LogP contribution in [0, 0.1) is 0 Å². The Morgan fingerprint density at radius 3 is 1.85 bits per heavy atom. The number of esters is 2. The second kappa shape index (κ2) is 19.9. The molecule has 0 aliphatic carbocycles. The van der Waals surface area contributed by atoms with Crippen molar-refractivity contribution < 1.29 is 23.8 Å². The Morgan fingerprint density at radius 1 is 0.765 bits per heavy atom. The fourth-order valence-electron chi connectivity index (χ4n) is 3.42. The molecule has 0 amide bonds. The van der Waals surface area contributed by atoms with E-state index in [0.29, 0.717) is 5.57 Å². The monoisotopic (exact) mass is 472 g/mol. The fourth-order valence-corrected chi connectivity index (χ4v) is 3.42. The number of ether oxygens (including phenoxy) is 3. The number of hydrogen-bond acceptors (Lipinski definition) is 5. The summed E-state index contributed by atoms with van der Waals surface area (Å²) in [6, 6.07) is 7.61. The van der Waals surface area contributed by atoms with Crippen molar-refractivity contribution in [2.75, 3.05) is 19.8 Å². The SMILES string of the molecule is C=C(C)C(=O)OCCOC(=O)/C=C/c1ccc(OCCCCCCCCCCCCCC)cc1. The number of benzene rings is 1. The zero-order valence-electron chi connectivity index (χ0n) is 21.3. The first kappa shape index (κ1) is 29.5. The summed E-state index contributed by atoms with van der Waals surface area (Å²) in [6.45, 7) is 8.06. The number of hydrogen-bond donors (Lipinski definition) is 0. The molecule has 5 heteroatoms. The van der Waals surface area contributed by atoms with Gasteiger partial charge in [0.15, 0.2) is 0 Å². The van der Waals surface area contributed by atoms with Gasteiger partial charge in [0.05, 0.1) is 6.61 Å². The second-order valence-corrected chi connectivity index (χ2v) is 8.72. The van der Waals surface area contributed by atoms with Gasteiger partial charge in [0.1, 0.15) is 19.0 Å². The van der Waals surface area contributed by atoms with Gasteiger partial charge >= 0.3 is 11.9 Å². The Labute approximate surface area is 206 Å². The summed E-state index contributed by atoms with van der Waals surface area (Å²) in [5.74, 6) is -0.145. The molecule has 1 aromatic rings. The molecule has 190 valence electrons. The number of carbonyl (C=O) groups excluding carboxylic acids is 2. The van der Waals surface area contributed by atoms with Gasteiger partial charge < -0.3 is 14.2 Å². The molecule has 0 N–H and O–H groups in total. The van der Waals surface area contributed by atoms with E-state index >= 15 is 0 Å². The van der Waals surface area contributed by atoms with Crippen LogP contribution in [0.15, 0.2) is 42.5 Å². The van der Waals surface area contributed by atoms with E-state index in [-0.39, 0.29) is 13.2 Å². The van der Waals surface area contributed by atoms with Crippen LogP contribution in [0.2, 0.25) is 0 Å². The molecule has 0 bridgehead atoms. The Bertz CT molecular complexity index is 721. The van der Waals surface area contributed by atoms with Crippen LogP contribution in [0.3, 0.4) is 0 Å². The average molecular weight is 473 g/mol. The highest BCUT2D eigenvalue weighted by atomic mass is 16.6. The average Bonchev–Trinajstić information content (AvgIpc) is 2.84. The van der Waals surface area contributed by atoms with Crippen molar-refractivity contribution in [3.8, 4) is 5.75 Å². The molecule has 0 spiro atoms. The van der Waals surface area contributed by atoms with Crippen LogP contribution in [-0.2, 0) is 19.1 Å². The second-order valence-electron chi connectivity index (χ2n) is 8.72. The van der Waals surface area contributed by atoms with Crippen LogP contribution in [-0.4, -0.2) is 31.8 Å². The summed E-state index contributed by atoms with van der Waals surface area (Å²) in [7, 11) is 0. The van der Waals surface area contributed by atoms with E-state index in [1.807, 2.05) is 24.3 Å². The fraction of sp³-hybridized carbons (Fsp3) is 0.586. The molecule has 34 heavy (non-hydrogen) atoms. The van der Waals surface area contributed by atoms with Crippen molar-refractivity contribution in [3.63, 3.8) is 0 Å². The van der Waals surface area contributed by atoms with Gasteiger partial charge in [-0.2, -0.15) is 0 Å². The summed E-state index contributed by atoms with van der Waals surface area (Å²) in [4.78, 5) is 22.9. The maximum absolute atomic E-state index is 11.7. The van der Waals surface area contributed by atoms with E-state index < -0.39 is 11.9 Å². The molecule has 0 saturated carbocycles. The molecule has 0 aromatic heterocycles. The normalized spacial score (nSPS) is 10.9. The van der Waals surface area contributed by atoms with Crippen molar-refractivity contribution in [2.45, 2.75) is 90.9 Å². The molecule has 0 fully saturated rings. The van der Waals surface area contributed by atoms with E-state index in [1.54, 1.807) is 13.0 Å². The summed E-state index contributed by atoms with van der Waals surface area (Å²) < 4.78 is 15.7. The highest BCUT2D eigenvalue weighted by molar-refractivity contribution is 5.87. The molecule has 0 unspecified atom stereocenters. The van der Waals surface area contributed by atoms with Gasteiger partial charge in [-0.1, -0.05) is 96.3 Å². The van der Waals surface area contributed by atoms with Crippen molar-refractivity contribution in [1.82, 2.24) is 0 Å². The molecule has 1 rings (SSSR count). The van der Waals surface area contributed by atoms with Crippen LogP contribution < -0.4 is 4.74 Å². The van der Waals surface area contributed by atoms with Gasteiger partial charge in [0.25, 0.3) is 0 Å². The first-order valence-electron chi connectivity index (χ1n) is 12.9. The Hall–Kier alpha value is -2.56. The lowest BCUT2D eigenvalue weighted by molar-refractivity contribution is -0.146. The highest BCUT2D eigenvalue weighted by Crippen LogP contribution is 2.15. The molecule has 0 saturated heterocycles. The predicted molar refractivity (Wildman–Crippen MR) is 139 cm³/mol. The molecule has 0 aliphatic heterocycles. The third kappa shape index (κ3) is 16.1. The Kier molecular flexibility index (Phi) is 17.2. The van der Waals surface area contributed by atoms with Crippen LogP contribution in [0.1, 0.15) is 96.5 Å². The third-order valence-electron chi connectivity index (χ3n) is 5.47. The van der Waals surface area contributed by atoms with E-state index in [9.17, 15) is 9.59 Å². The van der Waals surface area contributed by atoms with E-state index in [0.717, 1.165) is 24.3 Å². The minimum absolute atomic E-state index is 0.00803. The zero-order valence-corrected chi connectivity index (χ0v) is 21.3. The van der Waals surface area contributed by atoms with Crippen molar-refractivity contribution in [2.24, 2.45) is 0 Å². The molecular weight excluding hydrogens is 428 g/mol. The lowest BCUT2D eigenvalue weighted by atomic mass is 10.1. The minimum Gasteiger partial charge on any atom is -0.494 e. The molecule has 0 heterocycles. The van der Waals surface area contributed by atoms with Crippen LogP contribution in [0.25, 0.3) is 6.08 Å². The third-order valence-corrected chi connectivity index (χ3v) is 5.47. The number of unbranched alkanes of at least 4 members (excludes halogenated alkanes) is 11. The maximum atomic E-state index is 11.7. The van der Waals surface area contributed by atoms with Gasteiger partial charge in [0, 0.05) is 11.6 Å². The van der Waals surface area contributed by atoms with E-state index in [2.05, 4.69) is 13.5 Å². The zero-order chi connectivity index (χ0) is 24.9. The first-order chi connectivity index (χ1) is 16.5. The van der Waals surface area contributed by atoms with E-state index in [4.69, 9.17) is 14.2 Å². The topological polar surface area (TPSA) is 61.8 Å². The minimum atomic E-state index is -0.493. The number of rotatable bonds is 20. The maximum Gasteiger partial charge on any atom is 0.333 e. The van der Waals surface area contributed by atoms with Gasteiger partial charge in [-0.3, -0.25) is 0 Å². The van der Waals surface area contributed by atoms with Gasteiger partial charge in [0.2, 0.25) is 0 Å². The molecule has 0 atom stereocenters. The summed E-state index contributed by atoms with van der Waals surface area (Å²) in [6.07, 6.45) is 19.0. The van der Waals surface area contributed by atoms with E-state index in [1.165, 1.54) is 76.7 Å². The lowest BCUT2D eigenvalue weighted by Gasteiger charge is -2.07. The van der Waals surface area contributed by atoms with Crippen LogP contribution >= 0.6 is 0 Å². The smallest absolute Gasteiger partial charge is 0.333 e. The lowest BCUT2D eigenvalue weighted by Crippen LogP contribution is -2.12.